The summed E-state index contributed by atoms with van der Waals surface area (Å²) in [6, 6.07) is 57.8. The van der Waals surface area contributed by atoms with Gasteiger partial charge in [-0.05, 0) is 70.0 Å². The summed E-state index contributed by atoms with van der Waals surface area (Å²) < 4.78 is 10.1. The molecule has 58 heavy (non-hydrogen) atoms. The fourth-order valence-corrected chi connectivity index (χ4v) is 9.72. The number of rotatable bonds is 7. The van der Waals surface area contributed by atoms with Crippen molar-refractivity contribution in [1.29, 1.82) is 0 Å². The largest absolute Gasteiger partial charge is 0.509 e. The smallest absolute Gasteiger partial charge is 0.225 e. The van der Waals surface area contributed by atoms with E-state index in [1.165, 1.54) is 71.4 Å². The van der Waals surface area contributed by atoms with Crippen LogP contribution < -0.4 is 13.9 Å². The number of benzene rings is 6. The number of aromatic nitrogens is 2. The first-order valence-corrected chi connectivity index (χ1v) is 20.4. The minimum Gasteiger partial charge on any atom is -0.509 e. The Balaban J connectivity index is 0.00000408. The maximum atomic E-state index is 6.70. The number of quaternary nitrogens is 2. The van der Waals surface area contributed by atoms with Crippen LogP contribution in [0.3, 0.4) is 0 Å². The predicted molar refractivity (Wildman–Crippen MR) is 233 cm³/mol. The van der Waals surface area contributed by atoms with E-state index in [0.29, 0.717) is 26.6 Å². The maximum Gasteiger partial charge on any atom is 0.225 e. The van der Waals surface area contributed by atoms with E-state index < -0.39 is 0 Å². The third-order valence-electron chi connectivity index (χ3n) is 12.6. The molecule has 4 heterocycles. The summed E-state index contributed by atoms with van der Waals surface area (Å²) in [5.74, 6) is 2.76. The number of hydrogen-bond acceptors (Lipinski definition) is 2. The van der Waals surface area contributed by atoms with Crippen LogP contribution in [0.4, 0.5) is 22.7 Å². The monoisotopic (exact) mass is 936 g/mol. The van der Waals surface area contributed by atoms with Crippen molar-refractivity contribution >= 4 is 44.6 Å². The average Bonchev–Trinajstić information content (AvgIpc) is 3.75. The molecule has 0 radical (unpaired) electrons. The molecule has 3 aliphatic rings. The zero-order valence-corrected chi connectivity index (χ0v) is 35.3. The van der Waals surface area contributed by atoms with Crippen LogP contribution in [0.25, 0.3) is 38.8 Å². The molecule has 6 heteroatoms. The first-order valence-electron chi connectivity index (χ1n) is 20.4. The van der Waals surface area contributed by atoms with Gasteiger partial charge in [0.15, 0.2) is 12.4 Å². The fourth-order valence-electron chi connectivity index (χ4n) is 9.72. The van der Waals surface area contributed by atoms with Crippen molar-refractivity contribution in [3.63, 3.8) is 0 Å². The number of para-hydroxylation sites is 3. The van der Waals surface area contributed by atoms with E-state index in [4.69, 9.17) is 9.72 Å². The van der Waals surface area contributed by atoms with Crippen LogP contribution in [-0.4, -0.2) is 9.55 Å². The van der Waals surface area contributed by atoms with Crippen molar-refractivity contribution < 1.29 is 25.8 Å². The van der Waals surface area contributed by atoms with Gasteiger partial charge in [0.05, 0.1) is 5.69 Å². The average molecular weight is 937 g/mol. The quantitative estimate of drug-likeness (QED) is 0.0904. The van der Waals surface area contributed by atoms with E-state index in [-0.39, 0.29) is 26.5 Å². The molecule has 1 saturated heterocycles. The Morgan fingerprint density at radius 2 is 1.41 bits per heavy atom. The molecule has 2 aliphatic heterocycles. The van der Waals surface area contributed by atoms with Gasteiger partial charge in [-0.25, -0.2) is 9.58 Å². The molecule has 1 saturated carbocycles. The van der Waals surface area contributed by atoms with Crippen molar-refractivity contribution in [2.24, 2.45) is 0 Å². The maximum absolute atomic E-state index is 6.70. The Bertz CT molecular complexity index is 2850. The van der Waals surface area contributed by atoms with Gasteiger partial charge in [0, 0.05) is 68.5 Å². The number of fused-ring (bicyclic) bond motifs is 7. The number of hydrogen-bond donors (Lipinski definition) is 0. The molecule has 2 atom stereocenters. The first kappa shape index (κ1) is 37.0. The summed E-state index contributed by atoms with van der Waals surface area (Å²) in [6.45, 7) is 9.16. The molecule has 11 rings (SSSR count). The van der Waals surface area contributed by atoms with Crippen molar-refractivity contribution in [1.82, 2.24) is 18.7 Å². The molecule has 290 valence electrons. The zero-order chi connectivity index (χ0) is 38.4. The molecule has 0 amide bonds. The molecule has 2 fully saturated rings. The minimum atomic E-state index is -0.00803. The van der Waals surface area contributed by atoms with Crippen LogP contribution in [0, 0.1) is 18.8 Å². The van der Waals surface area contributed by atoms with Crippen molar-refractivity contribution in [3.8, 4) is 28.4 Å². The molecule has 8 aromatic rings. The molecular formula is C52H45N4OPt-. The number of pyridine rings is 1. The summed E-state index contributed by atoms with van der Waals surface area (Å²) in [4.78, 5) is 4.86. The molecule has 0 bridgehead atoms. The SMILES string of the molecule is CC(C)(C)c1ccnc(-n2c3[c-]c(Oc4[c-]c([N+]56[CH-][N@+]5(c5cc(-c7ccccc7)cc(C7CCCCC7)c5)c5ccccc56)ccc4)ccc3c3ccccc32)c1.[Pt]. The second-order valence-corrected chi connectivity index (χ2v) is 17.1. The Hall–Kier alpha value is -5.32. The van der Waals surface area contributed by atoms with Crippen LogP contribution in [0.2, 0.25) is 0 Å². The van der Waals surface area contributed by atoms with Gasteiger partial charge < -0.3 is 9.30 Å². The van der Waals surface area contributed by atoms with Crippen molar-refractivity contribution in [2.75, 3.05) is 0 Å². The van der Waals surface area contributed by atoms with Crippen molar-refractivity contribution in [3.05, 3.63) is 176 Å². The van der Waals surface area contributed by atoms with Gasteiger partial charge in [-0.2, -0.15) is 16.7 Å². The molecule has 1 unspecified atom stereocenters. The van der Waals surface area contributed by atoms with Gasteiger partial charge in [-0.15, -0.1) is 29.7 Å². The summed E-state index contributed by atoms with van der Waals surface area (Å²) >= 11 is 0. The third kappa shape index (κ3) is 5.66. The predicted octanol–water partition coefficient (Wildman–Crippen LogP) is 13.9. The number of nitrogens with zero attached hydrogens (tertiary/aromatic N) is 4. The van der Waals surface area contributed by atoms with Crippen LogP contribution in [-0.2, 0) is 26.5 Å². The Morgan fingerprint density at radius 3 is 2.22 bits per heavy atom. The fraction of sp³-hybridized carbons (Fsp3) is 0.192. The summed E-state index contributed by atoms with van der Waals surface area (Å²) in [7, 11) is 0. The van der Waals surface area contributed by atoms with Gasteiger partial charge in [0.1, 0.15) is 5.82 Å². The zero-order valence-electron chi connectivity index (χ0n) is 33.1. The van der Waals surface area contributed by atoms with E-state index in [9.17, 15) is 0 Å². The summed E-state index contributed by atoms with van der Waals surface area (Å²) in [5, 5.41) is 2.27. The Labute approximate surface area is 355 Å². The van der Waals surface area contributed by atoms with Gasteiger partial charge in [-0.3, -0.25) is 0 Å². The second-order valence-electron chi connectivity index (χ2n) is 17.1. The Morgan fingerprint density at radius 1 is 0.672 bits per heavy atom. The molecular weight excluding hydrogens is 892 g/mol. The van der Waals surface area contributed by atoms with E-state index in [0.717, 1.165) is 33.3 Å². The van der Waals surface area contributed by atoms with Crippen LogP contribution in [0.15, 0.2) is 146 Å². The van der Waals surface area contributed by atoms with Gasteiger partial charge >= 0.3 is 0 Å². The molecule has 5 nitrogen and oxygen atoms in total. The molecule has 0 spiro atoms. The topological polar surface area (TPSA) is 27.1 Å². The summed E-state index contributed by atoms with van der Waals surface area (Å²) in [5.41, 5.74) is 12.2. The van der Waals surface area contributed by atoms with Crippen molar-refractivity contribution in [2.45, 2.75) is 64.2 Å². The van der Waals surface area contributed by atoms with Gasteiger partial charge in [0.25, 0.3) is 0 Å². The number of ether oxygens (including phenoxy) is 1. The Kier molecular flexibility index (Phi) is 8.87. The van der Waals surface area contributed by atoms with Gasteiger partial charge in [-0.1, -0.05) is 118 Å². The standard InChI is InChI=1S/C52H45N4O.Pt/c1-52(2,3)40-27-28-53-51(32-40)54-47-22-11-10-21-45(47)46-26-25-44(34-48(46)54)57-43-20-14-19-41(33-43)55-35-56(55,50-24-13-12-23-49(50)55)42-30-38(36-15-6-4-7-16-36)29-39(31-42)37-17-8-5-9-18-37;/h4,6-7,10-16,19-32,35,37H,5,8-9,17-18H2,1-3H3;/q-1;/t55?,56-;/m0./s1. The second kappa shape index (κ2) is 13.9. The van der Waals surface area contributed by atoms with E-state index in [1.807, 2.05) is 18.3 Å². The van der Waals surface area contributed by atoms with Crippen LogP contribution in [0.5, 0.6) is 11.5 Å². The molecule has 6 aromatic carbocycles. The normalized spacial score (nSPS) is 19.8. The minimum absolute atomic E-state index is 0. The molecule has 2 aromatic heterocycles. The van der Waals surface area contributed by atoms with E-state index in [2.05, 4.69) is 172 Å². The first-order chi connectivity index (χ1) is 27.8. The summed E-state index contributed by atoms with van der Waals surface area (Å²) in [6.07, 6.45) is 8.38. The van der Waals surface area contributed by atoms with E-state index >= 15 is 0 Å². The van der Waals surface area contributed by atoms with Gasteiger partial charge in [0.2, 0.25) is 11.4 Å². The molecule has 1 aliphatic carbocycles. The van der Waals surface area contributed by atoms with E-state index in [1.54, 1.807) is 0 Å². The third-order valence-corrected chi connectivity index (χ3v) is 12.6. The van der Waals surface area contributed by atoms with Crippen LogP contribution in [0.1, 0.15) is 69.9 Å². The van der Waals surface area contributed by atoms with Crippen LogP contribution >= 0.6 is 0 Å². The molecule has 0 N–H and O–H groups in total.